The number of aryl methyl sites for hydroxylation is 1. The van der Waals surface area contributed by atoms with Gasteiger partial charge in [-0.15, -0.1) is 0 Å². The Morgan fingerprint density at radius 2 is 1.51 bits per heavy atom. The first kappa shape index (κ1) is 35.7. The van der Waals surface area contributed by atoms with E-state index in [4.69, 9.17) is 9.90 Å². The van der Waals surface area contributed by atoms with Crippen molar-refractivity contribution in [1.29, 1.82) is 0 Å². The summed E-state index contributed by atoms with van der Waals surface area (Å²) in [4.78, 5) is 27.9. The third-order valence-corrected chi connectivity index (χ3v) is 8.74. The Kier molecular flexibility index (Phi) is 14.1. The van der Waals surface area contributed by atoms with Crippen LogP contribution in [-0.2, 0) is 32.5 Å². The van der Waals surface area contributed by atoms with Crippen molar-refractivity contribution in [2.45, 2.75) is 62.9 Å². The van der Waals surface area contributed by atoms with E-state index in [1.54, 1.807) is 31.1 Å². The fourth-order valence-corrected chi connectivity index (χ4v) is 5.40. The molecule has 0 bridgehead atoms. The number of aliphatic imine (C=N–C) groups is 1. The summed E-state index contributed by atoms with van der Waals surface area (Å²) in [6.07, 6.45) is 0.917. The zero-order valence-corrected chi connectivity index (χ0v) is 25.7. The molecular weight excluding hydrogens is 585 g/mol. The molecule has 43 heavy (non-hydrogen) atoms. The van der Waals surface area contributed by atoms with Gasteiger partial charge in [0.05, 0.1) is 11.4 Å². The number of carbonyl (C=O) groups is 2. The van der Waals surface area contributed by atoms with Gasteiger partial charge in [-0.1, -0.05) is 56.2 Å². The van der Waals surface area contributed by atoms with Crippen LogP contribution in [0.1, 0.15) is 55.7 Å². The average molecular weight is 627 g/mol. The van der Waals surface area contributed by atoms with Gasteiger partial charge in [0.25, 0.3) is 0 Å². The first-order valence-corrected chi connectivity index (χ1v) is 15.7. The van der Waals surface area contributed by atoms with Crippen LogP contribution in [0.25, 0.3) is 0 Å². The van der Waals surface area contributed by atoms with E-state index in [1.165, 1.54) is 16.3 Å². The quantitative estimate of drug-likeness (QED) is 0.298. The summed E-state index contributed by atoms with van der Waals surface area (Å²) in [6, 6.07) is 15.5. The van der Waals surface area contributed by atoms with E-state index in [0.717, 1.165) is 55.7 Å². The molecule has 3 rings (SSSR count). The standard InChI is InChI=1S/C28H40N4O3S.C2HF3O2/c1-4-5-6-8-23-12-16-26(17-13-23)36(34,35)32(3)21-7-9-27(33)31(2)22-18-24-10-14-25(15-11-24)28-29-19-20-30-28;3-2(4,5)1(6)7/h10-17H,4-9,18-22H2,1-3H3,(H,29,30);(H,6,7). The number of likely N-dealkylation sites (N-methyl/N-ethyl adjacent to an activating group) is 1. The third-order valence-electron chi connectivity index (χ3n) is 6.87. The Hall–Kier alpha value is -3.45. The van der Waals surface area contributed by atoms with Crippen molar-refractivity contribution in [3.05, 3.63) is 65.2 Å². The molecule has 0 radical (unpaired) electrons. The van der Waals surface area contributed by atoms with Gasteiger partial charge in [0.1, 0.15) is 5.84 Å². The van der Waals surface area contributed by atoms with Crippen LogP contribution in [-0.4, -0.2) is 86.9 Å². The SMILES string of the molecule is CCCCCc1ccc(S(=O)(=O)N(C)CCCC(=O)N(C)CCc2ccc(C3=NCCN3)cc2)cc1.O=C(O)C(F)(F)F. The van der Waals surface area contributed by atoms with E-state index in [1.807, 2.05) is 12.1 Å². The molecule has 2 aromatic rings. The number of aliphatic carboxylic acids is 1. The number of alkyl halides is 3. The van der Waals surface area contributed by atoms with E-state index in [9.17, 15) is 26.4 Å². The van der Waals surface area contributed by atoms with E-state index in [0.29, 0.717) is 30.8 Å². The minimum absolute atomic E-state index is 0.0263. The second-order valence-electron chi connectivity index (χ2n) is 10.3. The van der Waals surface area contributed by atoms with Gasteiger partial charge in [-0.3, -0.25) is 9.79 Å². The molecule has 0 saturated carbocycles. The van der Waals surface area contributed by atoms with E-state index in [-0.39, 0.29) is 5.91 Å². The zero-order valence-electron chi connectivity index (χ0n) is 24.9. The highest BCUT2D eigenvalue weighted by Crippen LogP contribution is 2.17. The second kappa shape index (κ2) is 17.0. The van der Waals surface area contributed by atoms with Crippen LogP contribution in [0, 0.1) is 0 Å². The second-order valence-corrected chi connectivity index (χ2v) is 12.3. The number of amides is 1. The van der Waals surface area contributed by atoms with Crippen molar-refractivity contribution >= 4 is 27.7 Å². The van der Waals surface area contributed by atoms with E-state index < -0.39 is 22.2 Å². The topological polar surface area (TPSA) is 119 Å². The average Bonchev–Trinajstić information content (AvgIpc) is 3.51. The summed E-state index contributed by atoms with van der Waals surface area (Å²) < 4.78 is 58.9. The summed E-state index contributed by atoms with van der Waals surface area (Å²) in [5.41, 5.74) is 3.41. The minimum atomic E-state index is -5.08. The van der Waals surface area contributed by atoms with Crippen molar-refractivity contribution in [2.24, 2.45) is 4.99 Å². The molecule has 1 heterocycles. The minimum Gasteiger partial charge on any atom is -0.475 e. The molecule has 0 aliphatic carbocycles. The van der Waals surface area contributed by atoms with Gasteiger partial charge < -0.3 is 15.3 Å². The smallest absolute Gasteiger partial charge is 0.475 e. The number of rotatable bonds is 14. The first-order chi connectivity index (χ1) is 20.3. The summed E-state index contributed by atoms with van der Waals surface area (Å²) in [6.45, 7) is 4.80. The summed E-state index contributed by atoms with van der Waals surface area (Å²) in [7, 11) is -0.179. The van der Waals surface area contributed by atoms with Crippen LogP contribution < -0.4 is 5.32 Å². The van der Waals surface area contributed by atoms with Crippen molar-refractivity contribution < 1.29 is 36.3 Å². The summed E-state index contributed by atoms with van der Waals surface area (Å²) >= 11 is 0. The van der Waals surface area contributed by atoms with Crippen LogP contribution in [0.5, 0.6) is 0 Å². The monoisotopic (exact) mass is 626 g/mol. The molecule has 1 amide bonds. The van der Waals surface area contributed by atoms with Crippen LogP contribution in [0.4, 0.5) is 13.2 Å². The highest BCUT2D eigenvalue weighted by atomic mass is 32.2. The number of unbranched alkanes of at least 4 members (excludes halogenated alkanes) is 2. The number of nitrogens with one attached hydrogen (secondary N) is 1. The first-order valence-electron chi connectivity index (χ1n) is 14.2. The number of hydrogen-bond acceptors (Lipinski definition) is 6. The Morgan fingerprint density at radius 1 is 0.930 bits per heavy atom. The maximum absolute atomic E-state index is 12.9. The molecule has 1 aliphatic heterocycles. The highest BCUT2D eigenvalue weighted by molar-refractivity contribution is 7.89. The number of amidine groups is 1. The van der Waals surface area contributed by atoms with E-state index in [2.05, 4.69) is 41.5 Å². The number of hydrogen-bond donors (Lipinski definition) is 2. The molecule has 2 N–H and O–H groups in total. The fourth-order valence-electron chi connectivity index (χ4n) is 4.19. The van der Waals surface area contributed by atoms with Crippen LogP contribution in [0.2, 0.25) is 0 Å². The molecule has 0 spiro atoms. The molecule has 0 unspecified atom stereocenters. The van der Waals surface area contributed by atoms with E-state index >= 15 is 0 Å². The number of benzene rings is 2. The number of carboxylic acid groups (broad SMARTS) is 1. The largest absolute Gasteiger partial charge is 0.490 e. The molecule has 238 valence electrons. The van der Waals surface area contributed by atoms with Crippen LogP contribution >= 0.6 is 0 Å². The number of nitrogens with zero attached hydrogens (tertiary/aromatic N) is 3. The van der Waals surface area contributed by atoms with Gasteiger partial charge in [-0.2, -0.15) is 13.2 Å². The van der Waals surface area contributed by atoms with Crippen molar-refractivity contribution in [3.63, 3.8) is 0 Å². The molecule has 9 nitrogen and oxygen atoms in total. The van der Waals surface area contributed by atoms with Crippen LogP contribution in [0.15, 0.2) is 58.4 Å². The molecular formula is C30H41F3N4O5S. The lowest BCUT2D eigenvalue weighted by Gasteiger charge is -2.20. The Labute approximate surface area is 251 Å². The van der Waals surface area contributed by atoms with Gasteiger partial charge in [0.15, 0.2) is 0 Å². The summed E-state index contributed by atoms with van der Waals surface area (Å²) in [5, 5.41) is 10.4. The lowest BCUT2D eigenvalue weighted by atomic mass is 10.1. The van der Waals surface area contributed by atoms with Crippen molar-refractivity contribution in [2.75, 3.05) is 40.3 Å². The predicted octanol–water partition coefficient (Wildman–Crippen LogP) is 4.50. The number of carboxylic acids is 1. The normalized spacial score (nSPS) is 13.1. The number of sulfonamides is 1. The molecule has 0 fully saturated rings. The Bertz CT molecular complexity index is 1310. The Morgan fingerprint density at radius 3 is 2.05 bits per heavy atom. The molecule has 0 atom stereocenters. The van der Waals surface area contributed by atoms with Gasteiger partial charge in [-0.05, 0) is 48.9 Å². The van der Waals surface area contributed by atoms with Gasteiger partial charge >= 0.3 is 12.1 Å². The number of carbonyl (C=O) groups excluding carboxylic acids is 1. The van der Waals surface area contributed by atoms with Gasteiger partial charge in [0, 0.05) is 45.7 Å². The van der Waals surface area contributed by atoms with Gasteiger partial charge in [0.2, 0.25) is 15.9 Å². The zero-order chi connectivity index (χ0) is 32.0. The summed E-state index contributed by atoms with van der Waals surface area (Å²) in [5.74, 6) is -1.79. The molecule has 2 aromatic carbocycles. The molecule has 0 saturated heterocycles. The van der Waals surface area contributed by atoms with Gasteiger partial charge in [-0.25, -0.2) is 17.5 Å². The highest BCUT2D eigenvalue weighted by Gasteiger charge is 2.38. The predicted molar refractivity (Wildman–Crippen MR) is 160 cm³/mol. The molecule has 1 aliphatic rings. The molecule has 13 heteroatoms. The maximum Gasteiger partial charge on any atom is 0.490 e. The number of halogens is 3. The van der Waals surface area contributed by atoms with Crippen LogP contribution in [0.3, 0.4) is 0 Å². The Balaban J connectivity index is 0.000000821. The fraction of sp³-hybridized carbons (Fsp3) is 0.500. The lowest BCUT2D eigenvalue weighted by Crippen LogP contribution is -2.31. The molecule has 0 aromatic heterocycles. The maximum atomic E-state index is 12.9. The van der Waals surface area contributed by atoms with Crippen molar-refractivity contribution in [3.8, 4) is 0 Å². The third kappa shape index (κ3) is 12.0. The lowest BCUT2D eigenvalue weighted by molar-refractivity contribution is -0.192. The van der Waals surface area contributed by atoms with Crippen molar-refractivity contribution in [1.82, 2.24) is 14.5 Å².